The van der Waals surface area contributed by atoms with Gasteiger partial charge in [0.1, 0.15) is 34.9 Å². The van der Waals surface area contributed by atoms with Crippen LogP contribution in [0.4, 0.5) is 18.9 Å². The van der Waals surface area contributed by atoms with Gasteiger partial charge in [-0.2, -0.15) is 0 Å². The number of allylic oxidation sites excluding steroid dienone is 2. The van der Waals surface area contributed by atoms with E-state index in [1.807, 2.05) is 60.7 Å². The van der Waals surface area contributed by atoms with E-state index in [2.05, 4.69) is 44.4 Å². The molecule has 6 aromatic carbocycles. The number of aliphatic imine (C=N–C) groups is 1. The Morgan fingerprint density at radius 2 is 0.907 bits per heavy atom. The van der Waals surface area contributed by atoms with Gasteiger partial charge in [0.15, 0.2) is 0 Å². The summed E-state index contributed by atoms with van der Waals surface area (Å²) in [4.78, 5) is 17.5. The molecule has 0 radical (unpaired) electrons. The molecular formula is C45H29F3N6. The van der Waals surface area contributed by atoms with Crippen LogP contribution in [-0.2, 0) is 0 Å². The number of fused-ring (bicyclic) bond motifs is 3. The van der Waals surface area contributed by atoms with Crippen molar-refractivity contribution in [1.29, 1.82) is 0 Å². The minimum atomic E-state index is -0.336. The SMILES string of the molecule is Fc1ccc(C2=NC3C=CC=CC3N2c2cc(-n3c(-c4ccc(F)cc4)nc4ccccc43)cc(-n3c(-c4ccc(F)cc4)nc4ccccc43)c2)cc1. The first kappa shape index (κ1) is 31.7. The Labute approximate surface area is 308 Å². The van der Waals surface area contributed by atoms with Crippen molar-refractivity contribution < 1.29 is 13.2 Å². The van der Waals surface area contributed by atoms with Crippen molar-refractivity contribution in [3.05, 3.63) is 187 Å². The molecule has 0 saturated heterocycles. The van der Waals surface area contributed by atoms with Crippen LogP contribution in [0.2, 0.25) is 0 Å². The van der Waals surface area contributed by atoms with Crippen LogP contribution < -0.4 is 4.90 Å². The van der Waals surface area contributed by atoms with Crippen LogP contribution in [-0.4, -0.2) is 37.0 Å². The predicted octanol–water partition coefficient (Wildman–Crippen LogP) is 10.2. The summed E-state index contributed by atoms with van der Waals surface area (Å²) < 4.78 is 46.9. The normalized spacial score (nSPS) is 16.4. The van der Waals surface area contributed by atoms with Gasteiger partial charge in [-0.05, 0) is 115 Å². The first-order valence-corrected chi connectivity index (χ1v) is 17.6. The molecule has 0 bridgehead atoms. The van der Waals surface area contributed by atoms with Crippen LogP contribution in [0.1, 0.15) is 5.56 Å². The smallest absolute Gasteiger partial charge is 0.145 e. The van der Waals surface area contributed by atoms with E-state index in [0.717, 1.165) is 55.8 Å². The summed E-state index contributed by atoms with van der Waals surface area (Å²) in [5.74, 6) is 0.980. The Hall–Kier alpha value is -7.00. The Balaban J connectivity index is 1.28. The van der Waals surface area contributed by atoms with E-state index in [0.29, 0.717) is 17.5 Å². The van der Waals surface area contributed by atoms with Crippen LogP contribution in [0.25, 0.3) is 56.2 Å². The number of nitrogens with zero attached hydrogens (tertiary/aromatic N) is 6. The average molecular weight is 711 g/mol. The number of halogens is 3. The van der Waals surface area contributed by atoms with Crippen molar-refractivity contribution in [1.82, 2.24) is 19.1 Å². The molecule has 0 N–H and O–H groups in total. The van der Waals surface area contributed by atoms with Crippen molar-refractivity contribution in [3.63, 3.8) is 0 Å². The third-order valence-corrected chi connectivity index (χ3v) is 9.99. The summed E-state index contributed by atoms with van der Waals surface area (Å²) in [6.45, 7) is 0. The van der Waals surface area contributed by atoms with E-state index in [-0.39, 0.29) is 29.5 Å². The summed E-state index contributed by atoms with van der Waals surface area (Å²) in [7, 11) is 0. The lowest BCUT2D eigenvalue weighted by molar-refractivity contribution is 0.627. The van der Waals surface area contributed by atoms with Crippen LogP contribution >= 0.6 is 0 Å². The average Bonchev–Trinajstić information content (AvgIpc) is 3.91. The molecule has 2 aliphatic rings. The molecule has 1 aliphatic carbocycles. The largest absolute Gasteiger partial charge is 0.317 e. The lowest BCUT2D eigenvalue weighted by atomic mass is 10.0. The molecule has 0 amide bonds. The molecule has 2 unspecified atom stereocenters. The Morgan fingerprint density at radius 1 is 0.463 bits per heavy atom. The van der Waals surface area contributed by atoms with Gasteiger partial charge in [0.05, 0.1) is 45.5 Å². The zero-order valence-electron chi connectivity index (χ0n) is 28.6. The van der Waals surface area contributed by atoms with E-state index >= 15 is 0 Å². The number of amidine groups is 1. The lowest BCUT2D eigenvalue weighted by Crippen LogP contribution is -2.39. The fraction of sp³-hybridized carbons (Fsp3) is 0.0444. The van der Waals surface area contributed by atoms with Crippen molar-refractivity contribution in [2.24, 2.45) is 4.99 Å². The highest BCUT2D eigenvalue weighted by atomic mass is 19.1. The topological polar surface area (TPSA) is 51.2 Å². The number of hydrogen-bond acceptors (Lipinski definition) is 4. The Kier molecular flexibility index (Phi) is 7.40. The molecule has 2 atom stereocenters. The van der Waals surface area contributed by atoms with Crippen molar-refractivity contribution >= 4 is 33.6 Å². The summed E-state index contributed by atoms with van der Waals surface area (Å²) >= 11 is 0. The number of anilines is 1. The molecule has 0 fully saturated rings. The fourth-order valence-electron chi connectivity index (χ4n) is 7.53. The van der Waals surface area contributed by atoms with E-state index in [1.54, 1.807) is 36.4 Å². The van der Waals surface area contributed by atoms with Gasteiger partial charge in [0, 0.05) is 22.4 Å². The van der Waals surface area contributed by atoms with E-state index in [4.69, 9.17) is 15.0 Å². The molecule has 9 heteroatoms. The molecule has 8 aromatic rings. The molecule has 0 spiro atoms. The van der Waals surface area contributed by atoms with Gasteiger partial charge in [-0.1, -0.05) is 48.6 Å². The summed E-state index contributed by atoms with van der Waals surface area (Å²) in [5, 5.41) is 0. The number of hydrogen-bond donors (Lipinski definition) is 0. The fourth-order valence-corrected chi connectivity index (χ4v) is 7.53. The standard InChI is InChI=1S/C45H29F3N6/c46-31-19-13-28(14-20-31)43-49-37-7-1-4-10-40(37)52(43)34-25-35(53-41-11-5-2-8-38(41)50-44(53)29-15-21-32(47)22-16-29)27-36(26-34)54-42-12-6-3-9-39(42)51-45(54)30-17-23-33(48)24-18-30/h1-27,37,40H. The summed E-state index contributed by atoms with van der Waals surface area (Å²) in [6.07, 6.45) is 8.22. The van der Waals surface area contributed by atoms with Crippen LogP contribution in [0.5, 0.6) is 0 Å². The first-order chi connectivity index (χ1) is 26.5. The van der Waals surface area contributed by atoms with Crippen molar-refractivity contribution in [2.45, 2.75) is 12.1 Å². The molecule has 3 heterocycles. The van der Waals surface area contributed by atoms with Crippen LogP contribution in [0.15, 0.2) is 169 Å². The Morgan fingerprint density at radius 3 is 1.43 bits per heavy atom. The highest BCUT2D eigenvalue weighted by Gasteiger charge is 2.36. The zero-order chi connectivity index (χ0) is 36.3. The molecule has 10 rings (SSSR count). The highest BCUT2D eigenvalue weighted by molar-refractivity contribution is 6.12. The second kappa shape index (κ2) is 12.6. The minimum absolute atomic E-state index is 0.162. The maximum absolute atomic E-state index is 14.2. The van der Waals surface area contributed by atoms with Crippen LogP contribution in [0, 0.1) is 17.5 Å². The van der Waals surface area contributed by atoms with Gasteiger partial charge >= 0.3 is 0 Å². The molecule has 1 aliphatic heterocycles. The molecular weight excluding hydrogens is 682 g/mol. The van der Waals surface area contributed by atoms with Crippen molar-refractivity contribution in [2.75, 3.05) is 4.90 Å². The maximum atomic E-state index is 14.2. The molecule has 54 heavy (non-hydrogen) atoms. The van der Waals surface area contributed by atoms with Crippen molar-refractivity contribution in [3.8, 4) is 34.2 Å². The van der Waals surface area contributed by atoms with Gasteiger partial charge in [-0.15, -0.1) is 0 Å². The monoisotopic (exact) mass is 710 g/mol. The van der Waals surface area contributed by atoms with Gasteiger partial charge in [0.25, 0.3) is 0 Å². The lowest BCUT2D eigenvalue weighted by Gasteiger charge is -2.30. The molecule has 6 nitrogen and oxygen atoms in total. The number of para-hydroxylation sites is 4. The summed E-state index contributed by atoms with van der Waals surface area (Å²) in [6, 6.07) is 40.8. The number of imidazole rings is 2. The second-order valence-corrected chi connectivity index (χ2v) is 13.3. The predicted molar refractivity (Wildman–Crippen MR) is 208 cm³/mol. The van der Waals surface area contributed by atoms with E-state index < -0.39 is 0 Å². The van der Waals surface area contributed by atoms with Crippen LogP contribution in [0.3, 0.4) is 0 Å². The van der Waals surface area contributed by atoms with Gasteiger partial charge in [-0.3, -0.25) is 14.1 Å². The number of benzene rings is 6. The third kappa shape index (κ3) is 5.32. The first-order valence-electron chi connectivity index (χ1n) is 17.6. The van der Waals surface area contributed by atoms with Gasteiger partial charge in [0.2, 0.25) is 0 Å². The Bertz CT molecular complexity index is 2670. The molecule has 0 saturated carbocycles. The van der Waals surface area contributed by atoms with E-state index in [9.17, 15) is 13.2 Å². The molecule has 260 valence electrons. The zero-order valence-corrected chi connectivity index (χ0v) is 28.6. The number of aromatic nitrogens is 4. The maximum Gasteiger partial charge on any atom is 0.145 e. The minimum Gasteiger partial charge on any atom is -0.317 e. The highest BCUT2D eigenvalue weighted by Crippen LogP contribution is 2.39. The molecule has 2 aromatic heterocycles. The number of rotatable bonds is 6. The van der Waals surface area contributed by atoms with Gasteiger partial charge < -0.3 is 4.90 Å². The van der Waals surface area contributed by atoms with E-state index in [1.165, 1.54) is 36.4 Å². The third-order valence-electron chi connectivity index (χ3n) is 9.99. The van der Waals surface area contributed by atoms with Gasteiger partial charge in [-0.25, -0.2) is 23.1 Å². The quantitative estimate of drug-likeness (QED) is 0.173. The summed E-state index contributed by atoms with van der Waals surface area (Å²) in [5.41, 5.74) is 7.94. The second-order valence-electron chi connectivity index (χ2n) is 13.3.